The highest BCUT2D eigenvalue weighted by Gasteiger charge is 2.40. The highest BCUT2D eigenvalue weighted by Crippen LogP contribution is 2.40. The van der Waals surface area contributed by atoms with E-state index in [9.17, 15) is 4.39 Å². The average molecular weight is 236 g/mol. The molecule has 94 valence electrons. The second-order valence-corrected chi connectivity index (χ2v) is 5.05. The molecule has 1 aromatic rings. The fourth-order valence-electron chi connectivity index (χ4n) is 2.56. The van der Waals surface area contributed by atoms with Gasteiger partial charge in [-0.05, 0) is 30.5 Å². The molecule has 2 N–H and O–H groups in total. The zero-order valence-electron chi connectivity index (χ0n) is 10.7. The maximum absolute atomic E-state index is 13.9. The fraction of sp³-hybridized carbons (Fsp3) is 0.571. The second-order valence-electron chi connectivity index (χ2n) is 5.05. The summed E-state index contributed by atoms with van der Waals surface area (Å²) in [5.74, 6) is -0.145. The number of nitrogens with two attached hydrogens (primary N) is 1. The van der Waals surface area contributed by atoms with Crippen LogP contribution in [0.25, 0.3) is 0 Å². The van der Waals surface area contributed by atoms with Gasteiger partial charge in [0.2, 0.25) is 0 Å². The van der Waals surface area contributed by atoms with Crippen molar-refractivity contribution in [3.8, 4) is 0 Å². The Hall–Kier alpha value is -1.09. The van der Waals surface area contributed by atoms with Gasteiger partial charge in [0.15, 0.2) is 0 Å². The van der Waals surface area contributed by atoms with Crippen LogP contribution < -0.4 is 10.6 Å². The lowest BCUT2D eigenvalue weighted by molar-refractivity contribution is 0.193. The molecule has 0 amide bonds. The third-order valence-corrected chi connectivity index (χ3v) is 4.14. The minimum atomic E-state index is -0.145. The summed E-state index contributed by atoms with van der Waals surface area (Å²) >= 11 is 0. The number of benzene rings is 1. The van der Waals surface area contributed by atoms with Gasteiger partial charge < -0.3 is 10.6 Å². The molecule has 1 saturated heterocycles. The van der Waals surface area contributed by atoms with Crippen LogP contribution >= 0.6 is 0 Å². The van der Waals surface area contributed by atoms with Crippen LogP contribution in [0.2, 0.25) is 0 Å². The van der Waals surface area contributed by atoms with Crippen molar-refractivity contribution < 1.29 is 4.39 Å². The molecule has 0 aliphatic carbocycles. The van der Waals surface area contributed by atoms with Crippen LogP contribution in [0.1, 0.15) is 32.3 Å². The van der Waals surface area contributed by atoms with E-state index in [1.807, 2.05) is 12.1 Å². The van der Waals surface area contributed by atoms with Crippen LogP contribution in [-0.2, 0) is 6.54 Å². The molecule has 0 radical (unpaired) electrons. The van der Waals surface area contributed by atoms with Gasteiger partial charge in [0.1, 0.15) is 5.82 Å². The van der Waals surface area contributed by atoms with E-state index in [4.69, 9.17) is 5.73 Å². The van der Waals surface area contributed by atoms with Gasteiger partial charge in [-0.25, -0.2) is 4.39 Å². The zero-order valence-corrected chi connectivity index (χ0v) is 10.7. The molecule has 1 heterocycles. The average Bonchev–Trinajstić information content (AvgIpc) is 2.30. The third-order valence-electron chi connectivity index (χ3n) is 4.14. The Morgan fingerprint density at radius 2 is 1.94 bits per heavy atom. The molecule has 17 heavy (non-hydrogen) atoms. The molecular formula is C14H21FN2. The van der Waals surface area contributed by atoms with Crippen molar-refractivity contribution in [1.82, 2.24) is 0 Å². The molecule has 0 aromatic heterocycles. The Bertz CT molecular complexity index is 391. The van der Waals surface area contributed by atoms with Crippen LogP contribution in [0.3, 0.4) is 0 Å². The van der Waals surface area contributed by atoms with Crippen molar-refractivity contribution in [2.45, 2.75) is 33.2 Å². The number of nitrogens with zero attached hydrogens (tertiary/aromatic N) is 1. The number of hydrogen-bond donors (Lipinski definition) is 1. The Labute approximate surface area is 103 Å². The monoisotopic (exact) mass is 236 g/mol. The highest BCUT2D eigenvalue weighted by molar-refractivity contribution is 5.52. The van der Waals surface area contributed by atoms with E-state index in [0.29, 0.717) is 12.0 Å². The first-order chi connectivity index (χ1) is 8.14. The Morgan fingerprint density at radius 1 is 1.29 bits per heavy atom. The Kier molecular flexibility index (Phi) is 3.38. The van der Waals surface area contributed by atoms with Crippen LogP contribution in [0.4, 0.5) is 10.1 Å². The largest absolute Gasteiger partial charge is 0.368 e. The van der Waals surface area contributed by atoms with Gasteiger partial charge in [-0.2, -0.15) is 0 Å². The molecule has 0 atom stereocenters. The lowest BCUT2D eigenvalue weighted by atomic mass is 9.75. The smallest absolute Gasteiger partial charge is 0.146 e. The Balaban J connectivity index is 2.11. The van der Waals surface area contributed by atoms with Crippen LogP contribution in [0, 0.1) is 11.2 Å². The number of halogens is 1. The third kappa shape index (κ3) is 2.16. The predicted molar refractivity (Wildman–Crippen MR) is 69.5 cm³/mol. The van der Waals surface area contributed by atoms with Gasteiger partial charge >= 0.3 is 0 Å². The quantitative estimate of drug-likeness (QED) is 0.871. The fourth-order valence-corrected chi connectivity index (χ4v) is 2.56. The van der Waals surface area contributed by atoms with Crippen LogP contribution in [0.15, 0.2) is 18.2 Å². The zero-order chi connectivity index (χ0) is 12.5. The van der Waals surface area contributed by atoms with E-state index in [2.05, 4.69) is 18.7 Å². The summed E-state index contributed by atoms with van der Waals surface area (Å²) in [6.45, 7) is 6.77. The van der Waals surface area contributed by atoms with E-state index < -0.39 is 0 Å². The standard InChI is InChI=1S/C14H21FN2/c1-3-14(4-2)9-17(10-14)13-6-5-11(8-16)7-12(13)15/h5-7H,3-4,8-10,16H2,1-2H3. The van der Waals surface area contributed by atoms with E-state index in [1.165, 1.54) is 12.8 Å². The first-order valence-corrected chi connectivity index (χ1v) is 6.37. The summed E-state index contributed by atoms with van der Waals surface area (Å²) in [6, 6.07) is 5.32. The van der Waals surface area contributed by atoms with Crippen molar-refractivity contribution in [3.63, 3.8) is 0 Å². The molecule has 0 spiro atoms. The summed E-state index contributed by atoms with van der Waals surface area (Å²) in [7, 11) is 0. The maximum Gasteiger partial charge on any atom is 0.146 e. The van der Waals surface area contributed by atoms with Crippen molar-refractivity contribution in [3.05, 3.63) is 29.6 Å². The van der Waals surface area contributed by atoms with Crippen molar-refractivity contribution in [2.75, 3.05) is 18.0 Å². The number of hydrogen-bond acceptors (Lipinski definition) is 2. The summed E-state index contributed by atoms with van der Waals surface area (Å²) < 4.78 is 13.9. The first kappa shape index (κ1) is 12.4. The molecule has 2 nitrogen and oxygen atoms in total. The van der Waals surface area contributed by atoms with Gasteiger partial charge in [-0.15, -0.1) is 0 Å². The molecule has 3 heteroatoms. The maximum atomic E-state index is 13.9. The van der Waals surface area contributed by atoms with Crippen LogP contribution in [-0.4, -0.2) is 13.1 Å². The minimum absolute atomic E-state index is 0.145. The number of anilines is 1. The molecule has 0 bridgehead atoms. The second kappa shape index (κ2) is 4.65. The van der Waals surface area contributed by atoms with Crippen molar-refractivity contribution >= 4 is 5.69 Å². The minimum Gasteiger partial charge on any atom is -0.368 e. The summed E-state index contributed by atoms with van der Waals surface area (Å²) in [5.41, 5.74) is 7.47. The van der Waals surface area contributed by atoms with Gasteiger partial charge in [0.05, 0.1) is 5.69 Å². The molecule has 0 unspecified atom stereocenters. The molecule has 1 aliphatic rings. The van der Waals surface area contributed by atoms with Crippen LogP contribution in [0.5, 0.6) is 0 Å². The molecule has 1 fully saturated rings. The van der Waals surface area contributed by atoms with Gasteiger partial charge in [0, 0.05) is 25.0 Å². The SMILES string of the molecule is CCC1(CC)CN(c2ccc(CN)cc2F)C1. The highest BCUT2D eigenvalue weighted by atomic mass is 19.1. The van der Waals surface area contributed by atoms with E-state index in [0.717, 1.165) is 24.3 Å². The van der Waals surface area contributed by atoms with E-state index in [1.54, 1.807) is 6.07 Å². The normalized spacial score (nSPS) is 18.0. The summed E-state index contributed by atoms with van der Waals surface area (Å²) in [4.78, 5) is 2.13. The summed E-state index contributed by atoms with van der Waals surface area (Å²) in [6.07, 6.45) is 2.34. The van der Waals surface area contributed by atoms with Gasteiger partial charge in [0.25, 0.3) is 0 Å². The van der Waals surface area contributed by atoms with Gasteiger partial charge in [-0.1, -0.05) is 19.9 Å². The Morgan fingerprint density at radius 3 is 2.41 bits per heavy atom. The molecule has 1 aliphatic heterocycles. The van der Waals surface area contributed by atoms with E-state index in [-0.39, 0.29) is 5.82 Å². The lowest BCUT2D eigenvalue weighted by Crippen LogP contribution is -2.56. The van der Waals surface area contributed by atoms with Crippen molar-refractivity contribution in [1.29, 1.82) is 0 Å². The topological polar surface area (TPSA) is 29.3 Å². The van der Waals surface area contributed by atoms with Crippen molar-refractivity contribution in [2.24, 2.45) is 11.1 Å². The molecule has 1 aromatic carbocycles. The predicted octanol–water partition coefficient (Wildman–Crippen LogP) is 2.91. The molecular weight excluding hydrogens is 215 g/mol. The number of rotatable bonds is 4. The van der Waals surface area contributed by atoms with E-state index >= 15 is 0 Å². The molecule has 0 saturated carbocycles. The molecule has 2 rings (SSSR count). The summed E-state index contributed by atoms with van der Waals surface area (Å²) in [5, 5.41) is 0. The lowest BCUT2D eigenvalue weighted by Gasteiger charge is -2.51. The van der Waals surface area contributed by atoms with Gasteiger partial charge in [-0.3, -0.25) is 0 Å². The first-order valence-electron chi connectivity index (χ1n) is 6.37.